The Balaban J connectivity index is 1.82. The van der Waals surface area contributed by atoms with Gasteiger partial charge in [-0.05, 0) is 55.8 Å². The van der Waals surface area contributed by atoms with Gasteiger partial charge in [-0.25, -0.2) is 8.42 Å². The molecule has 0 spiro atoms. The Labute approximate surface area is 167 Å². The van der Waals surface area contributed by atoms with Gasteiger partial charge in [0.05, 0.1) is 20.5 Å². The zero-order chi connectivity index (χ0) is 19.6. The highest BCUT2D eigenvalue weighted by Crippen LogP contribution is 2.26. The van der Waals surface area contributed by atoms with Crippen LogP contribution < -0.4 is 10.0 Å². The molecule has 1 amide bonds. The van der Waals surface area contributed by atoms with Crippen molar-refractivity contribution in [2.75, 3.05) is 10.0 Å². The lowest BCUT2D eigenvalue weighted by Gasteiger charge is -2.11. The number of nitrogens with one attached hydrogen (secondary N) is 2. The third-order valence-corrected chi connectivity index (χ3v) is 6.75. The molecule has 27 heavy (non-hydrogen) atoms. The van der Waals surface area contributed by atoms with Crippen molar-refractivity contribution in [3.8, 4) is 0 Å². The molecule has 0 aliphatic rings. The highest BCUT2D eigenvalue weighted by molar-refractivity contribution is 7.92. The van der Waals surface area contributed by atoms with Gasteiger partial charge >= 0.3 is 0 Å². The molecule has 8 heteroatoms. The maximum Gasteiger partial charge on any atom is 0.265 e. The molecule has 0 radical (unpaired) electrons. The number of hydrogen-bond acceptors (Lipinski definition) is 4. The molecule has 0 fully saturated rings. The molecule has 2 N–H and O–H groups in total. The smallest absolute Gasteiger partial charge is 0.265 e. The molecule has 1 heterocycles. The number of carbonyl (C=O) groups is 1. The van der Waals surface area contributed by atoms with E-state index in [1.165, 1.54) is 23.5 Å². The van der Waals surface area contributed by atoms with Gasteiger partial charge < -0.3 is 5.32 Å². The number of para-hydroxylation sites is 1. The molecule has 3 rings (SSSR count). The number of sulfonamides is 1. The second kappa shape index (κ2) is 7.72. The molecule has 0 saturated heterocycles. The van der Waals surface area contributed by atoms with E-state index < -0.39 is 10.0 Å². The summed E-state index contributed by atoms with van der Waals surface area (Å²) in [6, 6.07) is 14.5. The predicted octanol–water partition coefficient (Wildman–Crippen LogP) is 5.07. The largest absolute Gasteiger partial charge is 0.321 e. The van der Waals surface area contributed by atoms with Crippen LogP contribution in [0.4, 0.5) is 11.4 Å². The normalized spacial score (nSPS) is 11.2. The van der Waals surface area contributed by atoms with Crippen molar-refractivity contribution in [3.05, 3.63) is 74.9 Å². The van der Waals surface area contributed by atoms with Crippen LogP contribution in [0, 0.1) is 13.8 Å². The van der Waals surface area contributed by atoms with E-state index in [1.54, 1.807) is 36.4 Å². The van der Waals surface area contributed by atoms with Crippen LogP contribution >= 0.6 is 22.9 Å². The second-order valence-corrected chi connectivity index (χ2v) is 9.26. The zero-order valence-corrected chi connectivity index (χ0v) is 17.0. The molecule has 2 aromatic carbocycles. The molecular formula is C19H17ClN2O3S2. The number of rotatable bonds is 5. The first-order valence-corrected chi connectivity index (χ1v) is 10.7. The molecular weight excluding hydrogens is 404 g/mol. The van der Waals surface area contributed by atoms with Crippen LogP contribution in [-0.2, 0) is 10.0 Å². The monoisotopic (exact) mass is 420 g/mol. The third-order valence-electron chi connectivity index (χ3n) is 3.91. The van der Waals surface area contributed by atoms with Crippen molar-refractivity contribution in [2.45, 2.75) is 18.7 Å². The summed E-state index contributed by atoms with van der Waals surface area (Å²) in [4.78, 5) is 14.1. The summed E-state index contributed by atoms with van der Waals surface area (Å²) in [7, 11) is -3.84. The number of carbonyl (C=O) groups excluding carboxylic acids is 1. The van der Waals surface area contributed by atoms with Crippen LogP contribution in [0.5, 0.6) is 0 Å². The minimum atomic E-state index is -3.84. The van der Waals surface area contributed by atoms with E-state index in [1.807, 2.05) is 19.9 Å². The Bertz CT molecular complexity index is 1090. The molecule has 0 atom stereocenters. The molecule has 0 saturated carbocycles. The predicted molar refractivity (Wildman–Crippen MR) is 110 cm³/mol. The molecule has 0 bridgehead atoms. The first kappa shape index (κ1) is 19.4. The summed E-state index contributed by atoms with van der Waals surface area (Å²) < 4.78 is 27.7. The summed E-state index contributed by atoms with van der Waals surface area (Å²) in [5.74, 6) is -0.273. The standard InChI is InChI=1S/C19H17ClN2O3S2/c1-12-10-18(26-13(12)2)19(23)21-14-6-5-7-15(11-14)27(24,25)22-17-9-4-3-8-16(17)20/h3-11,22H,1-2H3,(H,21,23). The first-order valence-electron chi connectivity index (χ1n) is 8.02. The van der Waals surface area contributed by atoms with Gasteiger partial charge in [0.2, 0.25) is 0 Å². The number of amides is 1. The molecule has 0 unspecified atom stereocenters. The minimum absolute atomic E-state index is 0.0266. The molecule has 1 aromatic heterocycles. The van der Waals surface area contributed by atoms with Crippen molar-refractivity contribution < 1.29 is 13.2 Å². The second-order valence-electron chi connectivity index (χ2n) is 5.92. The van der Waals surface area contributed by atoms with Gasteiger partial charge in [-0.2, -0.15) is 0 Å². The van der Waals surface area contributed by atoms with Crippen LogP contribution in [0.1, 0.15) is 20.1 Å². The highest BCUT2D eigenvalue weighted by atomic mass is 35.5. The van der Waals surface area contributed by atoms with E-state index in [4.69, 9.17) is 11.6 Å². The molecule has 3 aromatic rings. The Morgan fingerprint density at radius 1 is 1.04 bits per heavy atom. The van der Waals surface area contributed by atoms with Crippen LogP contribution in [0.15, 0.2) is 59.5 Å². The molecule has 0 aliphatic carbocycles. The van der Waals surface area contributed by atoms with Gasteiger partial charge in [0.25, 0.3) is 15.9 Å². The number of benzene rings is 2. The quantitative estimate of drug-likeness (QED) is 0.604. The fourth-order valence-electron chi connectivity index (χ4n) is 2.37. The van der Waals surface area contributed by atoms with Gasteiger partial charge in [-0.1, -0.05) is 29.8 Å². The maximum atomic E-state index is 12.6. The number of thiophene rings is 1. The fraction of sp³-hybridized carbons (Fsp3) is 0.105. The summed E-state index contributed by atoms with van der Waals surface area (Å²) in [6.07, 6.45) is 0. The summed E-state index contributed by atoms with van der Waals surface area (Å²) in [5, 5.41) is 3.04. The Morgan fingerprint density at radius 2 is 1.78 bits per heavy atom. The molecule has 140 valence electrons. The number of aryl methyl sites for hydroxylation is 2. The van der Waals surface area contributed by atoms with Crippen LogP contribution in [0.3, 0.4) is 0 Å². The van der Waals surface area contributed by atoms with Crippen molar-refractivity contribution in [1.82, 2.24) is 0 Å². The zero-order valence-electron chi connectivity index (χ0n) is 14.6. The summed E-state index contributed by atoms with van der Waals surface area (Å²) in [6.45, 7) is 3.89. The highest BCUT2D eigenvalue weighted by Gasteiger charge is 2.17. The van der Waals surface area contributed by atoms with E-state index in [-0.39, 0.29) is 16.5 Å². The number of anilines is 2. The Hall–Kier alpha value is -2.35. The third kappa shape index (κ3) is 4.50. The van der Waals surface area contributed by atoms with E-state index in [0.29, 0.717) is 15.6 Å². The lowest BCUT2D eigenvalue weighted by Crippen LogP contribution is -2.14. The first-order chi connectivity index (χ1) is 12.8. The van der Waals surface area contributed by atoms with E-state index in [0.717, 1.165) is 10.4 Å². The van der Waals surface area contributed by atoms with Crippen molar-refractivity contribution in [3.63, 3.8) is 0 Å². The van der Waals surface area contributed by atoms with Gasteiger partial charge in [0, 0.05) is 10.6 Å². The maximum absolute atomic E-state index is 12.6. The van der Waals surface area contributed by atoms with Gasteiger partial charge in [-0.3, -0.25) is 9.52 Å². The summed E-state index contributed by atoms with van der Waals surface area (Å²) in [5.41, 5.74) is 1.73. The Kier molecular flexibility index (Phi) is 5.55. The van der Waals surface area contributed by atoms with Crippen LogP contribution in [-0.4, -0.2) is 14.3 Å². The van der Waals surface area contributed by atoms with E-state index >= 15 is 0 Å². The Morgan fingerprint density at radius 3 is 2.44 bits per heavy atom. The van der Waals surface area contributed by atoms with Gasteiger partial charge in [0.15, 0.2) is 0 Å². The van der Waals surface area contributed by atoms with E-state index in [9.17, 15) is 13.2 Å². The van der Waals surface area contributed by atoms with Gasteiger partial charge in [0.1, 0.15) is 0 Å². The van der Waals surface area contributed by atoms with Crippen LogP contribution in [0.25, 0.3) is 0 Å². The average molecular weight is 421 g/mol. The van der Waals surface area contributed by atoms with Crippen molar-refractivity contribution in [1.29, 1.82) is 0 Å². The van der Waals surface area contributed by atoms with Gasteiger partial charge in [-0.15, -0.1) is 11.3 Å². The van der Waals surface area contributed by atoms with Crippen molar-refractivity contribution >= 4 is 50.2 Å². The molecule has 0 aliphatic heterocycles. The minimum Gasteiger partial charge on any atom is -0.321 e. The van der Waals surface area contributed by atoms with Crippen LogP contribution in [0.2, 0.25) is 5.02 Å². The lowest BCUT2D eigenvalue weighted by atomic mass is 10.2. The fourth-order valence-corrected chi connectivity index (χ4v) is 4.66. The topological polar surface area (TPSA) is 75.3 Å². The SMILES string of the molecule is Cc1cc(C(=O)Nc2cccc(S(=O)(=O)Nc3ccccc3Cl)c2)sc1C. The number of hydrogen-bond donors (Lipinski definition) is 2. The van der Waals surface area contributed by atoms with Crippen molar-refractivity contribution in [2.24, 2.45) is 0 Å². The summed E-state index contributed by atoms with van der Waals surface area (Å²) >= 11 is 7.42. The molecule has 5 nitrogen and oxygen atoms in total. The lowest BCUT2D eigenvalue weighted by molar-refractivity contribution is 0.103. The average Bonchev–Trinajstić information content (AvgIpc) is 2.96. The number of halogens is 1. The van der Waals surface area contributed by atoms with E-state index in [2.05, 4.69) is 10.0 Å².